The van der Waals surface area contributed by atoms with Crippen LogP contribution in [0.15, 0.2) is 24.3 Å². The van der Waals surface area contributed by atoms with Gasteiger partial charge in [0, 0.05) is 23.9 Å². The van der Waals surface area contributed by atoms with Crippen molar-refractivity contribution in [2.45, 2.75) is 32.6 Å². The van der Waals surface area contributed by atoms with Crippen molar-refractivity contribution in [2.24, 2.45) is 0 Å². The van der Waals surface area contributed by atoms with E-state index in [0.717, 1.165) is 30.5 Å². The summed E-state index contributed by atoms with van der Waals surface area (Å²) in [6.45, 7) is 4.93. The molecule has 2 aromatic rings. The van der Waals surface area contributed by atoms with Crippen LogP contribution in [0.4, 0.5) is 5.69 Å². The van der Waals surface area contributed by atoms with E-state index in [0.29, 0.717) is 17.8 Å². The van der Waals surface area contributed by atoms with Gasteiger partial charge in [-0.2, -0.15) is 0 Å². The molecule has 0 spiro atoms. The maximum absolute atomic E-state index is 12.4. The zero-order valence-electron chi connectivity index (χ0n) is 14.6. The van der Waals surface area contributed by atoms with Gasteiger partial charge in [0.05, 0.1) is 12.3 Å². The molecule has 0 radical (unpaired) electrons. The normalized spacial score (nSPS) is 15.2. The van der Waals surface area contributed by atoms with Gasteiger partial charge in [-0.1, -0.05) is 24.6 Å². The highest BCUT2D eigenvalue weighted by Crippen LogP contribution is 2.28. The number of likely N-dealkylation sites (tertiary alicyclic amines) is 1. The fourth-order valence-corrected chi connectivity index (χ4v) is 3.27. The summed E-state index contributed by atoms with van der Waals surface area (Å²) in [7, 11) is 0. The molecule has 1 aliphatic heterocycles. The van der Waals surface area contributed by atoms with Crippen molar-refractivity contribution in [1.82, 2.24) is 9.88 Å². The molecule has 0 aliphatic carbocycles. The predicted octanol–water partition coefficient (Wildman–Crippen LogP) is 3.16. The summed E-state index contributed by atoms with van der Waals surface area (Å²) in [5, 5.41) is 3.73. The van der Waals surface area contributed by atoms with Crippen LogP contribution in [0.1, 0.15) is 43.1 Å². The number of esters is 1. The van der Waals surface area contributed by atoms with E-state index in [4.69, 9.17) is 4.74 Å². The topological polar surface area (TPSA) is 74.4 Å². The third-order valence-electron chi connectivity index (χ3n) is 4.55. The van der Waals surface area contributed by atoms with Crippen LogP contribution in [0.25, 0.3) is 10.9 Å². The smallest absolute Gasteiger partial charge is 0.356 e. The molecule has 0 saturated carbocycles. The molecule has 134 valence electrons. The number of hydrogen-bond donors (Lipinski definition) is 2. The van der Waals surface area contributed by atoms with Gasteiger partial charge in [-0.3, -0.25) is 4.79 Å². The molecular weight excluding hydrogens is 318 g/mol. The SMILES string of the molecule is CCOC(=O)c1[nH]c2ccccc2c1NC(=O)CCN1CCCCC1. The van der Waals surface area contributed by atoms with Crippen LogP contribution in [0, 0.1) is 0 Å². The number of carbonyl (C=O) groups is 2. The van der Waals surface area contributed by atoms with Gasteiger partial charge in [-0.25, -0.2) is 4.79 Å². The summed E-state index contributed by atoms with van der Waals surface area (Å²) in [4.78, 5) is 30.0. The summed E-state index contributed by atoms with van der Waals surface area (Å²) in [5.41, 5.74) is 1.61. The number of rotatable bonds is 6. The Bertz CT molecular complexity index is 747. The summed E-state index contributed by atoms with van der Waals surface area (Å²) >= 11 is 0. The maximum Gasteiger partial charge on any atom is 0.356 e. The number of nitrogens with zero attached hydrogens (tertiary/aromatic N) is 1. The lowest BCUT2D eigenvalue weighted by Crippen LogP contribution is -2.32. The average molecular weight is 343 g/mol. The van der Waals surface area contributed by atoms with Gasteiger partial charge in [0.25, 0.3) is 0 Å². The standard InChI is InChI=1S/C19H25N3O3/c1-2-25-19(24)18-17(14-8-4-5-9-15(14)20-18)21-16(23)10-13-22-11-6-3-7-12-22/h4-5,8-9,20H,2-3,6-7,10-13H2,1H3,(H,21,23). The third-order valence-corrected chi connectivity index (χ3v) is 4.55. The predicted molar refractivity (Wildman–Crippen MR) is 97.8 cm³/mol. The molecule has 1 aromatic carbocycles. The van der Waals surface area contributed by atoms with Crippen LogP contribution in [-0.2, 0) is 9.53 Å². The molecule has 2 N–H and O–H groups in total. The number of amides is 1. The number of H-pyrrole nitrogens is 1. The van der Waals surface area contributed by atoms with E-state index in [9.17, 15) is 9.59 Å². The summed E-state index contributed by atoms with van der Waals surface area (Å²) in [6.07, 6.45) is 4.11. The summed E-state index contributed by atoms with van der Waals surface area (Å²) < 4.78 is 5.11. The number of hydrogen-bond acceptors (Lipinski definition) is 4. The molecule has 6 heteroatoms. The highest BCUT2D eigenvalue weighted by Gasteiger charge is 2.21. The molecule has 0 atom stereocenters. The van der Waals surface area contributed by atoms with Gasteiger partial charge in [0.1, 0.15) is 5.69 Å². The Morgan fingerprint density at radius 1 is 1.20 bits per heavy atom. The Kier molecular flexibility index (Phi) is 5.71. The zero-order valence-corrected chi connectivity index (χ0v) is 14.6. The van der Waals surface area contributed by atoms with E-state index < -0.39 is 5.97 Å². The number of piperidine rings is 1. The van der Waals surface area contributed by atoms with E-state index in [1.165, 1.54) is 19.3 Å². The van der Waals surface area contributed by atoms with E-state index in [1.807, 2.05) is 24.3 Å². The van der Waals surface area contributed by atoms with Crippen LogP contribution in [0.3, 0.4) is 0 Å². The third kappa shape index (κ3) is 4.20. The molecule has 25 heavy (non-hydrogen) atoms. The van der Waals surface area contributed by atoms with Crippen molar-refractivity contribution in [3.8, 4) is 0 Å². The molecule has 0 bridgehead atoms. The number of anilines is 1. The van der Waals surface area contributed by atoms with Gasteiger partial charge in [0.15, 0.2) is 0 Å². The van der Waals surface area contributed by atoms with E-state index >= 15 is 0 Å². The highest BCUT2D eigenvalue weighted by atomic mass is 16.5. The Morgan fingerprint density at radius 2 is 1.96 bits per heavy atom. The quantitative estimate of drug-likeness (QED) is 0.790. The second-order valence-corrected chi connectivity index (χ2v) is 6.34. The Balaban J connectivity index is 1.73. The van der Waals surface area contributed by atoms with E-state index in [1.54, 1.807) is 6.92 Å². The second-order valence-electron chi connectivity index (χ2n) is 6.34. The van der Waals surface area contributed by atoms with Gasteiger partial charge in [-0.15, -0.1) is 0 Å². The Hall–Kier alpha value is -2.34. The number of carbonyl (C=O) groups excluding carboxylic acids is 2. The molecule has 0 unspecified atom stereocenters. The number of aromatic nitrogens is 1. The number of aromatic amines is 1. The minimum absolute atomic E-state index is 0.0825. The Labute approximate surface area is 147 Å². The van der Waals surface area contributed by atoms with E-state index in [2.05, 4.69) is 15.2 Å². The molecule has 2 heterocycles. The van der Waals surface area contributed by atoms with Crippen LogP contribution < -0.4 is 5.32 Å². The largest absolute Gasteiger partial charge is 0.461 e. The van der Waals surface area contributed by atoms with Gasteiger partial charge in [0.2, 0.25) is 5.91 Å². The molecular formula is C19H25N3O3. The minimum atomic E-state index is -0.454. The van der Waals surface area contributed by atoms with Crippen molar-refractivity contribution in [3.05, 3.63) is 30.0 Å². The molecule has 3 rings (SSSR count). The van der Waals surface area contributed by atoms with Gasteiger partial charge >= 0.3 is 5.97 Å². The first-order chi connectivity index (χ1) is 12.2. The van der Waals surface area contributed by atoms with Crippen molar-refractivity contribution in [2.75, 3.05) is 31.6 Å². The van der Waals surface area contributed by atoms with Crippen LogP contribution in [0.5, 0.6) is 0 Å². The second kappa shape index (κ2) is 8.16. The zero-order chi connectivity index (χ0) is 17.6. The molecule has 1 saturated heterocycles. The number of nitrogens with one attached hydrogen (secondary N) is 2. The van der Waals surface area contributed by atoms with Crippen LogP contribution in [-0.4, -0.2) is 48.0 Å². The molecule has 1 fully saturated rings. The lowest BCUT2D eigenvalue weighted by molar-refractivity contribution is -0.116. The molecule has 6 nitrogen and oxygen atoms in total. The number of fused-ring (bicyclic) bond motifs is 1. The number of benzene rings is 1. The van der Waals surface area contributed by atoms with Crippen molar-refractivity contribution >= 4 is 28.5 Å². The molecule has 1 aliphatic rings. The Morgan fingerprint density at radius 3 is 2.72 bits per heavy atom. The lowest BCUT2D eigenvalue weighted by atomic mass is 10.1. The maximum atomic E-state index is 12.4. The number of ether oxygens (including phenoxy) is 1. The van der Waals surface area contributed by atoms with Crippen molar-refractivity contribution in [1.29, 1.82) is 0 Å². The first kappa shape index (κ1) is 17.5. The fraction of sp³-hybridized carbons (Fsp3) is 0.474. The van der Waals surface area contributed by atoms with Crippen molar-refractivity contribution < 1.29 is 14.3 Å². The first-order valence-electron chi connectivity index (χ1n) is 8.99. The summed E-state index contributed by atoms with van der Waals surface area (Å²) in [5.74, 6) is -0.536. The number of para-hydroxylation sites is 1. The van der Waals surface area contributed by atoms with Crippen molar-refractivity contribution in [3.63, 3.8) is 0 Å². The van der Waals surface area contributed by atoms with Crippen LogP contribution in [0.2, 0.25) is 0 Å². The summed E-state index contributed by atoms with van der Waals surface area (Å²) in [6, 6.07) is 7.53. The molecule has 1 amide bonds. The van der Waals surface area contributed by atoms with Gasteiger partial charge < -0.3 is 19.9 Å². The monoisotopic (exact) mass is 343 g/mol. The van der Waals surface area contributed by atoms with Crippen LogP contribution >= 0.6 is 0 Å². The highest BCUT2D eigenvalue weighted by molar-refractivity contribution is 6.10. The lowest BCUT2D eigenvalue weighted by Gasteiger charge is -2.25. The van der Waals surface area contributed by atoms with Gasteiger partial charge in [-0.05, 0) is 38.9 Å². The first-order valence-corrected chi connectivity index (χ1v) is 8.99. The average Bonchev–Trinajstić information content (AvgIpc) is 3.00. The minimum Gasteiger partial charge on any atom is -0.461 e. The van der Waals surface area contributed by atoms with E-state index in [-0.39, 0.29) is 12.5 Å². The fourth-order valence-electron chi connectivity index (χ4n) is 3.27. The molecule has 1 aromatic heterocycles.